The first kappa shape index (κ1) is 24.6. The fraction of sp³-hybridized carbons (Fsp3) is 0.407. The van der Waals surface area contributed by atoms with Crippen molar-refractivity contribution in [3.05, 3.63) is 70.9 Å². The van der Waals surface area contributed by atoms with Gasteiger partial charge in [-0.25, -0.2) is 0 Å². The number of hydrogen-bond donors (Lipinski definition) is 2. The number of aromatic nitrogens is 1. The topological polar surface area (TPSA) is 65.2 Å². The van der Waals surface area contributed by atoms with E-state index < -0.39 is 6.04 Å². The van der Waals surface area contributed by atoms with Gasteiger partial charge >= 0.3 is 0 Å². The van der Waals surface area contributed by atoms with Gasteiger partial charge in [0.2, 0.25) is 11.8 Å². The number of benzene rings is 2. The third-order valence-corrected chi connectivity index (χ3v) is 7.50. The second kappa shape index (κ2) is 11.3. The minimum Gasteiger partial charge on any atom is -0.361 e. The lowest BCUT2D eigenvalue weighted by Crippen LogP contribution is -2.49. The molecule has 1 aliphatic rings. The van der Waals surface area contributed by atoms with Crippen LogP contribution in [-0.4, -0.2) is 40.2 Å². The number of H-pyrrole nitrogens is 1. The molecule has 1 fully saturated rings. The van der Waals surface area contributed by atoms with Crippen LogP contribution in [0.15, 0.2) is 54.7 Å². The number of para-hydroxylation sites is 1. The van der Waals surface area contributed by atoms with Crippen molar-refractivity contribution < 1.29 is 9.59 Å². The Hall–Kier alpha value is -2.50. The first-order valence-electron chi connectivity index (χ1n) is 11.9. The maximum Gasteiger partial charge on any atom is 0.247 e. The zero-order chi connectivity index (χ0) is 24.1. The molecular formula is C27H31Cl2N3O2. The summed E-state index contributed by atoms with van der Waals surface area (Å²) in [6, 6.07) is 14.5. The Labute approximate surface area is 210 Å². The van der Waals surface area contributed by atoms with E-state index in [1.807, 2.05) is 42.6 Å². The summed E-state index contributed by atoms with van der Waals surface area (Å²) in [5.74, 6) is -0.308. The predicted octanol–water partition coefficient (Wildman–Crippen LogP) is 5.87. The summed E-state index contributed by atoms with van der Waals surface area (Å²) in [5, 5.41) is 4.80. The number of rotatable bonds is 8. The van der Waals surface area contributed by atoms with Crippen LogP contribution in [0.4, 0.5) is 0 Å². The van der Waals surface area contributed by atoms with Gasteiger partial charge in [0.25, 0.3) is 0 Å². The molecule has 3 atom stereocenters. The Morgan fingerprint density at radius 1 is 1.12 bits per heavy atom. The number of halogens is 2. The first-order valence-corrected chi connectivity index (χ1v) is 12.9. The third kappa shape index (κ3) is 5.42. The molecule has 34 heavy (non-hydrogen) atoms. The van der Waals surface area contributed by atoms with E-state index >= 15 is 0 Å². The highest BCUT2D eigenvalue weighted by atomic mass is 35.5. The monoisotopic (exact) mass is 499 g/mol. The van der Waals surface area contributed by atoms with Gasteiger partial charge in [0, 0.05) is 40.3 Å². The van der Waals surface area contributed by atoms with Crippen LogP contribution >= 0.6 is 23.2 Å². The number of alkyl halides is 1. The number of hydrogen-bond acceptors (Lipinski definition) is 2. The van der Waals surface area contributed by atoms with Crippen LogP contribution in [0.25, 0.3) is 10.9 Å². The Bertz CT molecular complexity index is 1150. The van der Waals surface area contributed by atoms with E-state index in [2.05, 4.69) is 23.3 Å². The Kier molecular flexibility index (Phi) is 8.17. The summed E-state index contributed by atoms with van der Waals surface area (Å²) in [6.07, 6.45) is 6.86. The first-order chi connectivity index (χ1) is 16.5. The van der Waals surface area contributed by atoms with Crippen molar-refractivity contribution in [2.75, 3.05) is 12.4 Å². The van der Waals surface area contributed by atoms with Gasteiger partial charge in [-0.1, -0.05) is 67.8 Å². The van der Waals surface area contributed by atoms with Crippen LogP contribution < -0.4 is 5.32 Å². The zero-order valence-electron chi connectivity index (χ0n) is 19.4. The molecule has 2 aromatic carbocycles. The van der Waals surface area contributed by atoms with Crippen molar-refractivity contribution in [2.45, 2.75) is 51.1 Å². The number of fused-ring (bicyclic) bond motifs is 1. The highest BCUT2D eigenvalue weighted by molar-refractivity contribution is 6.31. The molecule has 4 rings (SSSR count). The van der Waals surface area contributed by atoms with Gasteiger partial charge in [0.1, 0.15) is 11.9 Å². The van der Waals surface area contributed by atoms with Crippen LogP contribution in [0, 0.1) is 5.92 Å². The number of carbonyl (C=O) groups is 2. The quantitative estimate of drug-likeness (QED) is 0.380. The van der Waals surface area contributed by atoms with Crippen molar-refractivity contribution in [1.29, 1.82) is 0 Å². The van der Waals surface area contributed by atoms with E-state index in [0.717, 1.165) is 35.7 Å². The Morgan fingerprint density at radius 3 is 2.62 bits per heavy atom. The molecule has 0 saturated heterocycles. The number of nitrogens with one attached hydrogen (secondary N) is 2. The summed E-state index contributed by atoms with van der Waals surface area (Å²) in [5.41, 5.74) is 2.74. The zero-order valence-corrected chi connectivity index (χ0v) is 20.9. The number of carbonyl (C=O) groups excluding carboxylic acids is 2. The molecule has 2 amide bonds. The average Bonchev–Trinajstić information content (AvgIpc) is 3.26. The van der Waals surface area contributed by atoms with Crippen molar-refractivity contribution in [2.24, 2.45) is 5.92 Å². The second-order valence-electron chi connectivity index (χ2n) is 9.13. The van der Waals surface area contributed by atoms with E-state index in [0.29, 0.717) is 29.5 Å². The summed E-state index contributed by atoms with van der Waals surface area (Å²) < 4.78 is 0. The van der Waals surface area contributed by atoms with Gasteiger partial charge in [-0.2, -0.15) is 0 Å². The number of nitrogens with zero attached hydrogens (tertiary/aromatic N) is 1. The van der Waals surface area contributed by atoms with Crippen LogP contribution in [-0.2, 0) is 16.0 Å². The minimum absolute atomic E-state index is 0.0906. The fourth-order valence-corrected chi connectivity index (χ4v) is 5.39. The molecule has 1 aromatic heterocycles. The molecule has 1 heterocycles. The average molecular weight is 500 g/mol. The third-order valence-electron chi connectivity index (χ3n) is 6.93. The van der Waals surface area contributed by atoms with Crippen LogP contribution in [0.1, 0.15) is 49.8 Å². The number of aromatic amines is 1. The summed E-state index contributed by atoms with van der Waals surface area (Å²) >= 11 is 12.6. The normalized spacial score (nSPS) is 19.0. The molecule has 1 aliphatic carbocycles. The van der Waals surface area contributed by atoms with Crippen molar-refractivity contribution in [3.8, 4) is 0 Å². The molecule has 1 saturated carbocycles. The Balaban J connectivity index is 1.64. The van der Waals surface area contributed by atoms with Crippen LogP contribution in [0.2, 0.25) is 5.02 Å². The van der Waals surface area contributed by atoms with Crippen LogP contribution in [0.5, 0.6) is 0 Å². The summed E-state index contributed by atoms with van der Waals surface area (Å²) in [7, 11) is 0. The Morgan fingerprint density at radius 2 is 1.85 bits per heavy atom. The van der Waals surface area contributed by atoms with E-state index in [1.54, 1.807) is 11.0 Å². The predicted molar refractivity (Wildman–Crippen MR) is 138 cm³/mol. The maximum absolute atomic E-state index is 13.7. The second-order valence-corrected chi connectivity index (χ2v) is 9.81. The van der Waals surface area contributed by atoms with Crippen molar-refractivity contribution >= 4 is 45.9 Å². The molecule has 0 aliphatic heterocycles. The van der Waals surface area contributed by atoms with Crippen molar-refractivity contribution in [1.82, 2.24) is 15.2 Å². The highest BCUT2D eigenvalue weighted by Gasteiger charge is 2.34. The molecule has 0 unspecified atom stereocenters. The molecule has 3 aromatic rings. The van der Waals surface area contributed by atoms with Gasteiger partial charge in [0.15, 0.2) is 0 Å². The van der Waals surface area contributed by atoms with E-state index in [-0.39, 0.29) is 23.7 Å². The smallest absolute Gasteiger partial charge is 0.247 e. The molecular weight excluding hydrogens is 469 g/mol. The molecule has 2 N–H and O–H groups in total. The van der Waals surface area contributed by atoms with Gasteiger partial charge < -0.3 is 15.2 Å². The molecule has 180 valence electrons. The van der Waals surface area contributed by atoms with Crippen LogP contribution in [0.3, 0.4) is 0 Å². The lowest BCUT2D eigenvalue weighted by Gasteiger charge is -2.35. The maximum atomic E-state index is 13.7. The molecule has 0 radical (unpaired) electrons. The summed E-state index contributed by atoms with van der Waals surface area (Å²) in [4.78, 5) is 31.7. The minimum atomic E-state index is -0.848. The molecule has 0 bridgehead atoms. The standard InChI is InChI=1S/C27H31Cl2N3O2/c1-18-8-2-6-12-23(18)31-27(34)26(21-10-3-5-11-22(21)29)32(25(33)16-28)15-14-19-17-30-24-13-7-4-9-20(19)24/h3-5,7,9-11,13,17-18,23,26,30H,2,6,8,12,14-16H2,1H3,(H,31,34)/t18-,23-,26+/m1/s1. The molecule has 7 heteroatoms. The lowest BCUT2D eigenvalue weighted by molar-refractivity contribution is -0.139. The SMILES string of the molecule is C[C@@H]1CCCC[C@H]1NC(=O)[C@H](c1ccccc1Cl)N(CCc1c[nH]c2ccccc12)C(=O)CCl. The fourth-order valence-electron chi connectivity index (χ4n) is 4.99. The van der Waals surface area contributed by atoms with Gasteiger partial charge in [-0.3, -0.25) is 9.59 Å². The van der Waals surface area contributed by atoms with Gasteiger partial charge in [-0.15, -0.1) is 11.6 Å². The van der Waals surface area contributed by atoms with E-state index in [1.165, 1.54) is 6.42 Å². The van der Waals surface area contributed by atoms with E-state index in [4.69, 9.17) is 23.2 Å². The number of amides is 2. The largest absolute Gasteiger partial charge is 0.361 e. The van der Waals surface area contributed by atoms with Gasteiger partial charge in [0.05, 0.1) is 0 Å². The van der Waals surface area contributed by atoms with E-state index in [9.17, 15) is 9.59 Å². The lowest BCUT2D eigenvalue weighted by atomic mass is 9.85. The highest BCUT2D eigenvalue weighted by Crippen LogP contribution is 2.31. The molecule has 5 nitrogen and oxygen atoms in total. The summed E-state index contributed by atoms with van der Waals surface area (Å²) in [6.45, 7) is 2.52. The van der Waals surface area contributed by atoms with Gasteiger partial charge in [-0.05, 0) is 42.9 Å². The van der Waals surface area contributed by atoms with Crippen molar-refractivity contribution in [3.63, 3.8) is 0 Å². The molecule has 0 spiro atoms.